The number of anilines is 3. The van der Waals surface area contributed by atoms with E-state index in [2.05, 4.69) is 26.3 Å². The summed E-state index contributed by atoms with van der Waals surface area (Å²) < 4.78 is 45.3. The lowest BCUT2D eigenvalue weighted by Crippen LogP contribution is -2.66. The molecule has 35 heavy (non-hydrogen) atoms. The third kappa shape index (κ3) is 3.74. The van der Waals surface area contributed by atoms with Crippen LogP contribution >= 0.6 is 0 Å². The van der Waals surface area contributed by atoms with Crippen molar-refractivity contribution in [3.63, 3.8) is 0 Å². The van der Waals surface area contributed by atoms with Crippen molar-refractivity contribution in [2.75, 3.05) is 42.3 Å². The number of hydrogen-bond acceptors (Lipinski definition) is 7. The molecule has 2 fully saturated rings. The number of aryl methyl sites for hydroxylation is 2. The Kier molecular flexibility index (Phi) is 4.90. The Balaban J connectivity index is 1.39. The summed E-state index contributed by atoms with van der Waals surface area (Å²) in [6.07, 6.45) is -1.50. The Bertz CT molecular complexity index is 1330. The molecule has 1 aromatic carbocycles. The zero-order valence-corrected chi connectivity index (χ0v) is 19.7. The van der Waals surface area contributed by atoms with Crippen LogP contribution in [0.5, 0.6) is 0 Å². The highest BCUT2D eigenvalue weighted by atomic mass is 19.4. The number of alkyl halides is 3. The van der Waals surface area contributed by atoms with Gasteiger partial charge in [0.05, 0.1) is 30.2 Å². The first-order valence-corrected chi connectivity index (χ1v) is 11.9. The van der Waals surface area contributed by atoms with E-state index in [-0.39, 0.29) is 11.2 Å². The van der Waals surface area contributed by atoms with E-state index in [0.29, 0.717) is 17.2 Å². The average Bonchev–Trinajstić information content (AvgIpc) is 3.21. The molecule has 3 aromatic rings. The van der Waals surface area contributed by atoms with E-state index in [1.165, 1.54) is 22.9 Å². The molecule has 1 unspecified atom stereocenters. The van der Waals surface area contributed by atoms with Crippen molar-refractivity contribution >= 4 is 28.2 Å². The van der Waals surface area contributed by atoms with Crippen LogP contribution in [0.1, 0.15) is 47.6 Å². The first-order chi connectivity index (χ1) is 16.6. The van der Waals surface area contributed by atoms with Gasteiger partial charge >= 0.3 is 6.18 Å². The molecule has 2 saturated heterocycles. The standard InChI is InChI=1S/C25H27F3N6O/c1-13(15-6-20(25(26,27)28)33-21(29)7-15)30-23-18-8-19(34-9-24(10-34)11-35-12-24)16-4-3-5-17(16)22(18)31-14(2)32-23/h6-8,13H,3-5,9-12H2,1-2H3,(H2,29,33)(H,30,31,32). The molecular weight excluding hydrogens is 457 g/mol. The topological polar surface area (TPSA) is 89.2 Å². The second-order valence-electron chi connectivity index (χ2n) is 10.1. The predicted octanol–water partition coefficient (Wildman–Crippen LogP) is 4.43. The lowest BCUT2D eigenvalue weighted by atomic mass is 9.77. The Morgan fingerprint density at radius 1 is 1.09 bits per heavy atom. The summed E-state index contributed by atoms with van der Waals surface area (Å²) in [6.45, 7) is 7.23. The summed E-state index contributed by atoms with van der Waals surface area (Å²) >= 11 is 0. The Morgan fingerprint density at radius 3 is 2.51 bits per heavy atom. The lowest BCUT2D eigenvalue weighted by Gasteiger charge is -2.56. The summed E-state index contributed by atoms with van der Waals surface area (Å²) in [5.74, 6) is 1.06. The van der Waals surface area contributed by atoms with Crippen LogP contribution in [-0.2, 0) is 23.8 Å². The van der Waals surface area contributed by atoms with Crippen molar-refractivity contribution in [2.24, 2.45) is 5.41 Å². The SMILES string of the molecule is Cc1nc(NC(C)c2cc(N)nc(C(F)(F)F)c2)c2cc(N3CC4(COC4)C3)c3c(c2n1)CCC3. The van der Waals surface area contributed by atoms with Gasteiger partial charge in [-0.1, -0.05) is 0 Å². The molecule has 4 heterocycles. The van der Waals surface area contributed by atoms with Gasteiger partial charge in [0.1, 0.15) is 23.2 Å². The number of nitrogens with zero attached hydrogens (tertiary/aromatic N) is 4. The van der Waals surface area contributed by atoms with Crippen LogP contribution in [0.15, 0.2) is 18.2 Å². The Morgan fingerprint density at radius 2 is 1.83 bits per heavy atom. The zero-order valence-electron chi connectivity index (χ0n) is 19.7. The number of rotatable bonds is 4. The van der Waals surface area contributed by atoms with Gasteiger partial charge in [0.15, 0.2) is 0 Å². The van der Waals surface area contributed by atoms with Gasteiger partial charge in [-0.2, -0.15) is 13.2 Å². The van der Waals surface area contributed by atoms with E-state index >= 15 is 0 Å². The molecule has 0 bridgehead atoms. The van der Waals surface area contributed by atoms with Gasteiger partial charge in [0.2, 0.25) is 0 Å². The van der Waals surface area contributed by atoms with Crippen LogP contribution in [0, 0.1) is 12.3 Å². The van der Waals surface area contributed by atoms with Gasteiger partial charge in [-0.25, -0.2) is 15.0 Å². The van der Waals surface area contributed by atoms with Crippen LogP contribution in [0.2, 0.25) is 0 Å². The van der Waals surface area contributed by atoms with E-state index in [1.54, 1.807) is 6.92 Å². The molecule has 1 spiro atoms. The fourth-order valence-corrected chi connectivity index (χ4v) is 5.62. The van der Waals surface area contributed by atoms with Crippen molar-refractivity contribution in [2.45, 2.75) is 45.3 Å². The Labute approximate surface area is 200 Å². The number of nitrogens with one attached hydrogen (secondary N) is 1. The highest BCUT2D eigenvalue weighted by Crippen LogP contribution is 2.46. The third-order valence-corrected chi connectivity index (χ3v) is 7.37. The molecule has 3 aliphatic rings. The molecular formula is C25H27F3N6O. The number of fused-ring (bicyclic) bond motifs is 3. The Hall–Kier alpha value is -3.14. The molecule has 1 aliphatic carbocycles. The molecule has 0 radical (unpaired) electrons. The average molecular weight is 485 g/mol. The minimum atomic E-state index is -4.57. The summed E-state index contributed by atoms with van der Waals surface area (Å²) in [5, 5.41) is 4.23. The summed E-state index contributed by atoms with van der Waals surface area (Å²) in [6, 6.07) is 4.18. The molecule has 7 nitrogen and oxygen atoms in total. The van der Waals surface area contributed by atoms with Crippen molar-refractivity contribution < 1.29 is 17.9 Å². The van der Waals surface area contributed by atoms with E-state index < -0.39 is 17.9 Å². The van der Waals surface area contributed by atoms with Gasteiger partial charge in [-0.15, -0.1) is 0 Å². The van der Waals surface area contributed by atoms with Crippen LogP contribution in [0.25, 0.3) is 10.9 Å². The number of aromatic nitrogens is 3. The number of hydrogen-bond donors (Lipinski definition) is 2. The molecule has 3 N–H and O–H groups in total. The number of nitrogen functional groups attached to an aromatic ring is 1. The minimum Gasteiger partial charge on any atom is -0.384 e. The summed E-state index contributed by atoms with van der Waals surface area (Å²) in [5.41, 5.74) is 10.1. The fourth-order valence-electron chi connectivity index (χ4n) is 5.62. The quantitative estimate of drug-likeness (QED) is 0.566. The number of pyridine rings is 1. The molecule has 0 amide bonds. The monoisotopic (exact) mass is 484 g/mol. The third-order valence-electron chi connectivity index (χ3n) is 7.37. The van der Waals surface area contributed by atoms with Crippen molar-refractivity contribution in [1.29, 1.82) is 0 Å². The fraction of sp³-hybridized carbons (Fsp3) is 0.480. The molecule has 2 aromatic heterocycles. The number of ether oxygens (including phenoxy) is 1. The molecule has 2 aliphatic heterocycles. The predicted molar refractivity (Wildman–Crippen MR) is 127 cm³/mol. The van der Waals surface area contributed by atoms with Gasteiger partial charge in [0.25, 0.3) is 0 Å². The van der Waals surface area contributed by atoms with Gasteiger partial charge < -0.3 is 20.7 Å². The second kappa shape index (κ2) is 7.68. The second-order valence-corrected chi connectivity index (χ2v) is 10.1. The van der Waals surface area contributed by atoms with Gasteiger partial charge in [0, 0.05) is 24.2 Å². The van der Waals surface area contributed by atoms with Crippen molar-refractivity contribution in [3.8, 4) is 0 Å². The normalized spacial score (nSPS) is 19.4. The maximum atomic E-state index is 13.3. The lowest BCUT2D eigenvalue weighted by molar-refractivity contribution is -0.141. The largest absolute Gasteiger partial charge is 0.433 e. The van der Waals surface area contributed by atoms with Crippen LogP contribution in [0.3, 0.4) is 0 Å². The van der Waals surface area contributed by atoms with Gasteiger partial charge in [-0.3, -0.25) is 0 Å². The van der Waals surface area contributed by atoms with Crippen molar-refractivity contribution in [1.82, 2.24) is 15.0 Å². The van der Waals surface area contributed by atoms with Crippen molar-refractivity contribution in [3.05, 3.63) is 46.4 Å². The number of halogens is 3. The molecule has 6 rings (SSSR count). The number of benzene rings is 1. The van der Waals surface area contributed by atoms with E-state index in [1.807, 2.05) is 6.92 Å². The van der Waals surface area contributed by atoms with Crippen LogP contribution < -0.4 is 16.0 Å². The summed E-state index contributed by atoms with van der Waals surface area (Å²) in [4.78, 5) is 15.3. The van der Waals surface area contributed by atoms with E-state index in [4.69, 9.17) is 15.5 Å². The van der Waals surface area contributed by atoms with E-state index in [9.17, 15) is 13.2 Å². The highest BCUT2D eigenvalue weighted by Gasteiger charge is 2.49. The molecule has 10 heteroatoms. The highest BCUT2D eigenvalue weighted by molar-refractivity contribution is 5.96. The smallest absolute Gasteiger partial charge is 0.384 e. The zero-order chi connectivity index (χ0) is 24.5. The molecule has 0 saturated carbocycles. The number of nitrogens with two attached hydrogens (primary N) is 1. The maximum absolute atomic E-state index is 13.3. The first kappa shape index (κ1) is 22.3. The maximum Gasteiger partial charge on any atom is 0.433 e. The van der Waals surface area contributed by atoms with E-state index in [0.717, 1.165) is 62.5 Å². The van der Waals surface area contributed by atoms with Gasteiger partial charge in [-0.05, 0) is 68.0 Å². The van der Waals surface area contributed by atoms with Crippen LogP contribution in [-0.4, -0.2) is 41.3 Å². The molecule has 1 atom stereocenters. The summed E-state index contributed by atoms with van der Waals surface area (Å²) in [7, 11) is 0. The first-order valence-electron chi connectivity index (χ1n) is 11.9. The molecule has 184 valence electrons. The van der Waals surface area contributed by atoms with Crippen LogP contribution in [0.4, 0.5) is 30.5 Å². The minimum absolute atomic E-state index is 0.168.